The summed E-state index contributed by atoms with van der Waals surface area (Å²) in [5.74, 6) is -0.120. The van der Waals surface area contributed by atoms with Crippen LogP contribution in [0.25, 0.3) is 0 Å². The summed E-state index contributed by atoms with van der Waals surface area (Å²) in [6.45, 7) is 8.76. The molecule has 0 aromatic heterocycles. The van der Waals surface area contributed by atoms with Gasteiger partial charge in [0, 0.05) is 51.8 Å². The molecular formula is C38H54N4O13. The SMILES string of the molecule is COCCCN1CCOc2ccc(CO[C@H]3CN(C(=O)O)[C@@H](CC(C)(C)C(=O)N(C)C(=O)OC(C)O[N+](=O)[O-])C[C@@H]3c3ccc(COCCOC)cc3)cc21. The Bertz CT molecular complexity index is 1590. The molecule has 1 N–H and O–H groups in total. The first kappa shape index (κ1) is 43.0. The maximum absolute atomic E-state index is 13.6. The molecule has 1 saturated heterocycles. The van der Waals surface area contributed by atoms with Gasteiger partial charge in [0.25, 0.3) is 5.09 Å². The van der Waals surface area contributed by atoms with Gasteiger partial charge in [-0.15, -0.1) is 10.1 Å². The second-order valence-corrected chi connectivity index (χ2v) is 14.3. The van der Waals surface area contributed by atoms with Crippen LogP contribution in [-0.4, -0.2) is 124 Å². The molecule has 4 atom stereocenters. The van der Waals surface area contributed by atoms with E-state index in [1.807, 2.05) is 36.4 Å². The van der Waals surface area contributed by atoms with Crippen molar-refractivity contribution >= 4 is 23.8 Å². The molecule has 0 bridgehead atoms. The van der Waals surface area contributed by atoms with Crippen LogP contribution in [0.2, 0.25) is 0 Å². The van der Waals surface area contributed by atoms with Crippen LogP contribution in [0.1, 0.15) is 62.6 Å². The van der Waals surface area contributed by atoms with Crippen LogP contribution in [0.15, 0.2) is 42.5 Å². The molecule has 2 aromatic carbocycles. The van der Waals surface area contributed by atoms with E-state index in [0.29, 0.717) is 44.4 Å². The number of fused-ring (bicyclic) bond motifs is 1. The topological polar surface area (TPSA) is 189 Å². The molecule has 0 saturated carbocycles. The summed E-state index contributed by atoms with van der Waals surface area (Å²) in [6, 6.07) is 13.2. The maximum Gasteiger partial charge on any atom is 0.418 e. The predicted molar refractivity (Wildman–Crippen MR) is 198 cm³/mol. The fraction of sp³-hybridized carbons (Fsp3) is 0.605. The van der Waals surface area contributed by atoms with E-state index < -0.39 is 47.0 Å². The van der Waals surface area contributed by atoms with Crippen molar-refractivity contribution in [2.24, 2.45) is 5.41 Å². The van der Waals surface area contributed by atoms with Crippen LogP contribution >= 0.6 is 0 Å². The first-order valence-corrected chi connectivity index (χ1v) is 18.3. The summed E-state index contributed by atoms with van der Waals surface area (Å²) in [5.41, 5.74) is 2.53. The van der Waals surface area contributed by atoms with Crippen molar-refractivity contribution in [2.45, 2.75) is 77.6 Å². The molecule has 0 radical (unpaired) electrons. The third-order valence-electron chi connectivity index (χ3n) is 9.77. The van der Waals surface area contributed by atoms with Crippen molar-refractivity contribution < 1.29 is 57.8 Å². The molecule has 2 aliphatic heterocycles. The molecule has 2 aromatic rings. The summed E-state index contributed by atoms with van der Waals surface area (Å²) in [5, 5.41) is 20.0. The van der Waals surface area contributed by atoms with Gasteiger partial charge in [-0.05, 0) is 55.0 Å². The highest BCUT2D eigenvalue weighted by Crippen LogP contribution is 2.40. The summed E-state index contributed by atoms with van der Waals surface area (Å²) in [7, 11) is 4.49. The zero-order chi connectivity index (χ0) is 40.1. The number of amides is 3. The highest BCUT2D eigenvalue weighted by molar-refractivity contribution is 5.94. The quantitative estimate of drug-likeness (QED) is 0.0862. The Morgan fingerprint density at radius 1 is 1.05 bits per heavy atom. The van der Waals surface area contributed by atoms with E-state index in [1.54, 1.807) is 28.1 Å². The molecule has 17 nitrogen and oxygen atoms in total. The molecule has 55 heavy (non-hydrogen) atoms. The largest absolute Gasteiger partial charge is 0.490 e. The highest BCUT2D eigenvalue weighted by Gasteiger charge is 2.44. The molecule has 2 aliphatic rings. The summed E-state index contributed by atoms with van der Waals surface area (Å²) in [4.78, 5) is 58.3. The number of carboxylic acid groups (broad SMARTS) is 1. The van der Waals surface area contributed by atoms with E-state index >= 15 is 0 Å². The summed E-state index contributed by atoms with van der Waals surface area (Å²) >= 11 is 0. The number of carbonyl (C=O) groups excluding carboxylic acids is 2. The van der Waals surface area contributed by atoms with Crippen LogP contribution < -0.4 is 9.64 Å². The van der Waals surface area contributed by atoms with Gasteiger partial charge in [-0.1, -0.05) is 44.2 Å². The Kier molecular flexibility index (Phi) is 15.9. The second kappa shape index (κ2) is 20.3. The number of ether oxygens (including phenoxy) is 6. The van der Waals surface area contributed by atoms with Crippen LogP contribution in [0.5, 0.6) is 5.75 Å². The summed E-state index contributed by atoms with van der Waals surface area (Å²) in [6.07, 6.45) is -3.14. The van der Waals surface area contributed by atoms with Gasteiger partial charge in [0.15, 0.2) is 0 Å². The zero-order valence-electron chi connectivity index (χ0n) is 32.5. The third kappa shape index (κ3) is 12.1. The van der Waals surface area contributed by atoms with Gasteiger partial charge in [0.1, 0.15) is 12.4 Å². The van der Waals surface area contributed by atoms with Gasteiger partial charge >= 0.3 is 12.2 Å². The number of hydrogen-bond donors (Lipinski definition) is 1. The van der Waals surface area contributed by atoms with Gasteiger partial charge in [-0.3, -0.25) is 14.5 Å². The number of nitrogens with zero attached hydrogens (tertiary/aromatic N) is 4. The fourth-order valence-corrected chi connectivity index (χ4v) is 7.00. The van der Waals surface area contributed by atoms with E-state index in [4.69, 9.17) is 28.4 Å². The normalized spacial score (nSPS) is 18.8. The minimum Gasteiger partial charge on any atom is -0.490 e. The standard InChI is InChI=1S/C38H54N4O13/c1-26(55-42(47)48)54-37(46)39(4)35(43)38(2,3)22-30-21-31(29-11-8-27(9-12-29)24-51-19-18-50-6)34(23-41(30)36(44)45)53-25-28-10-13-33-32(20-28)40(15-17-52-33)14-7-16-49-5/h8-13,20,26,30-31,34H,7,14-19,21-25H2,1-6H3,(H,44,45)/t26?,30-,31-,34+/m1/s1. The smallest absolute Gasteiger partial charge is 0.418 e. The van der Waals surface area contributed by atoms with E-state index in [2.05, 4.69) is 15.8 Å². The van der Waals surface area contributed by atoms with Crippen LogP contribution in [0, 0.1) is 15.5 Å². The van der Waals surface area contributed by atoms with Crippen molar-refractivity contribution in [2.75, 3.05) is 72.2 Å². The number of imide groups is 1. The molecule has 1 fully saturated rings. The number of anilines is 1. The molecule has 0 aliphatic carbocycles. The Labute approximate surface area is 321 Å². The number of methoxy groups -OCH3 is 2. The number of carbonyl (C=O) groups is 3. The van der Waals surface area contributed by atoms with Crippen molar-refractivity contribution in [3.8, 4) is 5.75 Å². The molecule has 2 heterocycles. The van der Waals surface area contributed by atoms with Crippen molar-refractivity contribution in [3.63, 3.8) is 0 Å². The molecule has 1 unspecified atom stereocenters. The van der Waals surface area contributed by atoms with Crippen LogP contribution in [0.3, 0.4) is 0 Å². The van der Waals surface area contributed by atoms with Gasteiger partial charge < -0.3 is 43.3 Å². The van der Waals surface area contributed by atoms with Crippen LogP contribution in [-0.2, 0) is 46.5 Å². The molecular weight excluding hydrogens is 720 g/mol. The van der Waals surface area contributed by atoms with Gasteiger partial charge in [-0.2, -0.15) is 0 Å². The minimum atomic E-state index is -1.54. The van der Waals surface area contributed by atoms with Gasteiger partial charge in [0.05, 0.1) is 51.3 Å². The average molecular weight is 775 g/mol. The predicted octanol–water partition coefficient (Wildman–Crippen LogP) is 5.07. The lowest BCUT2D eigenvalue weighted by Crippen LogP contribution is -2.54. The van der Waals surface area contributed by atoms with E-state index in [-0.39, 0.29) is 25.5 Å². The number of benzene rings is 2. The first-order chi connectivity index (χ1) is 26.2. The van der Waals surface area contributed by atoms with Crippen molar-refractivity contribution in [1.82, 2.24) is 9.80 Å². The highest BCUT2D eigenvalue weighted by atomic mass is 17.0. The molecule has 0 spiro atoms. The maximum atomic E-state index is 13.6. The van der Waals surface area contributed by atoms with Crippen molar-refractivity contribution in [1.29, 1.82) is 0 Å². The van der Waals surface area contributed by atoms with E-state index in [9.17, 15) is 29.6 Å². The number of piperidine rings is 1. The molecule has 304 valence electrons. The number of rotatable bonds is 19. The van der Waals surface area contributed by atoms with Crippen molar-refractivity contribution in [3.05, 3.63) is 69.3 Å². The monoisotopic (exact) mass is 774 g/mol. The molecule has 17 heteroatoms. The molecule has 3 amide bonds. The van der Waals surface area contributed by atoms with Gasteiger partial charge in [0.2, 0.25) is 12.2 Å². The Balaban J connectivity index is 1.56. The average Bonchev–Trinajstić information content (AvgIpc) is 3.15. The lowest BCUT2D eigenvalue weighted by atomic mass is 9.76. The van der Waals surface area contributed by atoms with E-state index in [1.165, 1.54) is 11.9 Å². The second-order valence-electron chi connectivity index (χ2n) is 14.3. The third-order valence-corrected chi connectivity index (χ3v) is 9.77. The Hall–Kier alpha value is -4.71. The zero-order valence-corrected chi connectivity index (χ0v) is 32.5. The first-order valence-electron chi connectivity index (χ1n) is 18.3. The summed E-state index contributed by atoms with van der Waals surface area (Å²) < 4.78 is 33.4. The lowest BCUT2D eigenvalue weighted by Gasteiger charge is -2.45. The Morgan fingerprint density at radius 2 is 1.76 bits per heavy atom. The van der Waals surface area contributed by atoms with Gasteiger partial charge in [-0.25, -0.2) is 9.59 Å². The number of likely N-dealkylation sites (tertiary alicyclic amines) is 1. The van der Waals surface area contributed by atoms with E-state index in [0.717, 1.165) is 54.6 Å². The fourth-order valence-electron chi connectivity index (χ4n) is 7.00. The van der Waals surface area contributed by atoms with Crippen LogP contribution in [0.4, 0.5) is 15.3 Å². The number of hydrogen-bond acceptors (Lipinski definition) is 13. The lowest BCUT2D eigenvalue weighted by molar-refractivity contribution is -0.777. The Morgan fingerprint density at radius 3 is 2.44 bits per heavy atom. The minimum absolute atomic E-state index is 0.0294. The molecule has 4 rings (SSSR count).